The van der Waals surface area contributed by atoms with Gasteiger partial charge in [-0.05, 0) is 83.2 Å². The van der Waals surface area contributed by atoms with Gasteiger partial charge in [-0.15, -0.1) is 0 Å². The number of aromatic amines is 1. The highest BCUT2D eigenvalue weighted by atomic mass is 79.9. The lowest BCUT2D eigenvalue weighted by atomic mass is 9.82. The number of anilines is 1. The van der Waals surface area contributed by atoms with Gasteiger partial charge in [-0.3, -0.25) is 19.5 Å². The van der Waals surface area contributed by atoms with Crippen molar-refractivity contribution < 1.29 is 24.2 Å². The van der Waals surface area contributed by atoms with Crippen LogP contribution in [0.15, 0.2) is 125 Å². The minimum atomic E-state index is -2.55. The van der Waals surface area contributed by atoms with Gasteiger partial charge in [0, 0.05) is 22.5 Å². The van der Waals surface area contributed by atoms with E-state index in [1.54, 1.807) is 23.0 Å². The van der Waals surface area contributed by atoms with Crippen LogP contribution in [-0.2, 0) is 39.4 Å². The summed E-state index contributed by atoms with van der Waals surface area (Å²) in [5.74, 6) is 0.169. The summed E-state index contributed by atoms with van der Waals surface area (Å²) in [7, 11) is -0.893. The zero-order chi connectivity index (χ0) is 41.2. The van der Waals surface area contributed by atoms with Crippen LogP contribution in [0.2, 0.25) is 18.6 Å². The second kappa shape index (κ2) is 15.1. The number of aliphatic hydroxyl groups excluding tert-OH is 1. The van der Waals surface area contributed by atoms with Crippen LogP contribution in [-0.4, -0.2) is 65.5 Å². The Balaban J connectivity index is 1.10. The Morgan fingerprint density at radius 3 is 2.44 bits per heavy atom. The first-order valence-electron chi connectivity index (χ1n) is 20.1. The largest absolute Gasteiger partial charge is 0.497 e. The molecule has 0 saturated carbocycles. The molecule has 3 aliphatic heterocycles. The Kier molecular flexibility index (Phi) is 10.0. The molecular weight excluding hydrogens is 825 g/mol. The van der Waals surface area contributed by atoms with Gasteiger partial charge in [-0.1, -0.05) is 102 Å². The van der Waals surface area contributed by atoms with Crippen molar-refractivity contribution in [2.75, 3.05) is 18.6 Å². The Bertz CT molecular complexity index is 2660. The maximum atomic E-state index is 15.5. The van der Waals surface area contributed by atoms with Crippen molar-refractivity contribution >= 4 is 57.6 Å². The highest BCUT2D eigenvalue weighted by Gasteiger charge is 2.66. The molecule has 6 aromatic rings. The average molecular weight is 872 g/mol. The number of halogens is 1. The molecule has 0 unspecified atom stereocenters. The zero-order valence-electron chi connectivity index (χ0n) is 33.5. The number of rotatable bonds is 9. The molecule has 4 heterocycles. The number of carbonyl (C=O) groups excluding carboxylic acids is 2. The second-order valence-corrected chi connectivity index (χ2v) is 22.3. The van der Waals surface area contributed by atoms with E-state index in [9.17, 15) is 14.7 Å². The summed E-state index contributed by atoms with van der Waals surface area (Å²) in [5.41, 5.74) is 4.31. The number of ether oxygens (including phenoxy) is 2. The monoisotopic (exact) mass is 870 g/mol. The van der Waals surface area contributed by atoms with E-state index in [0.717, 1.165) is 43.7 Å². The van der Waals surface area contributed by atoms with E-state index in [1.807, 2.05) is 91.0 Å². The van der Waals surface area contributed by atoms with Crippen LogP contribution in [0, 0.1) is 5.92 Å². The summed E-state index contributed by atoms with van der Waals surface area (Å²) in [5, 5.41) is 15.5. The van der Waals surface area contributed by atoms with Crippen LogP contribution < -0.4 is 20.4 Å². The number of aromatic nitrogens is 2. The number of para-hydroxylation sites is 1. The first-order chi connectivity index (χ1) is 28.4. The van der Waals surface area contributed by atoms with Gasteiger partial charge in [-0.25, -0.2) is 4.68 Å². The smallest absolute Gasteiger partial charge is 0.279 e. The van der Waals surface area contributed by atoms with E-state index in [4.69, 9.17) is 9.47 Å². The third kappa shape index (κ3) is 6.48. The van der Waals surface area contributed by atoms with Crippen molar-refractivity contribution in [3.05, 3.63) is 152 Å². The number of carbonyl (C=O) groups is 2. The van der Waals surface area contributed by atoms with E-state index in [0.29, 0.717) is 24.0 Å². The first kappa shape index (κ1) is 39.2. The summed E-state index contributed by atoms with van der Waals surface area (Å²) >= 11 is 3.71. The highest BCUT2D eigenvalue weighted by molar-refractivity contribution is 9.10. The molecule has 302 valence electrons. The quantitative estimate of drug-likeness (QED) is 0.149. The molecule has 9 rings (SSSR count). The maximum absolute atomic E-state index is 15.5. The molecule has 1 aromatic heterocycles. The van der Waals surface area contributed by atoms with Gasteiger partial charge >= 0.3 is 0 Å². The van der Waals surface area contributed by atoms with Crippen LogP contribution >= 0.6 is 15.9 Å². The second-order valence-electron chi connectivity index (χ2n) is 16.7. The van der Waals surface area contributed by atoms with Gasteiger partial charge < -0.3 is 24.4 Å². The maximum Gasteiger partial charge on any atom is 0.279 e. The lowest BCUT2D eigenvalue weighted by Gasteiger charge is -2.39. The van der Waals surface area contributed by atoms with Gasteiger partial charge in [0.15, 0.2) is 5.60 Å². The average Bonchev–Trinajstić information content (AvgIpc) is 3.83. The normalized spacial score (nSPS) is 22.6. The molecule has 0 aliphatic carbocycles. The van der Waals surface area contributed by atoms with Gasteiger partial charge in [-0.2, -0.15) is 0 Å². The van der Waals surface area contributed by atoms with Crippen molar-refractivity contribution in [3.8, 4) is 11.4 Å². The lowest BCUT2D eigenvalue weighted by Crippen LogP contribution is -2.52. The van der Waals surface area contributed by atoms with E-state index in [-0.39, 0.29) is 54.4 Å². The molecular formula is C47H47BrN4O6Si. The molecule has 2 amide bonds. The number of aliphatic hydroxyl groups is 1. The van der Waals surface area contributed by atoms with Crippen molar-refractivity contribution in [1.29, 1.82) is 0 Å². The first-order valence-corrected chi connectivity index (χ1v) is 24.0. The number of hydrogen-bond acceptors (Lipinski definition) is 6. The fourth-order valence-corrected chi connectivity index (χ4v) is 14.6. The molecule has 12 heteroatoms. The Morgan fingerprint density at radius 2 is 1.69 bits per heavy atom. The molecule has 2 N–H and O–H groups in total. The topological polar surface area (TPSA) is 117 Å². The number of nitrogens with one attached hydrogen (secondary N) is 1. The molecule has 1 fully saturated rings. The van der Waals surface area contributed by atoms with Crippen LogP contribution in [0.3, 0.4) is 0 Å². The predicted molar refractivity (Wildman–Crippen MR) is 235 cm³/mol. The predicted octanol–water partition coefficient (Wildman–Crippen LogP) is 7.19. The van der Waals surface area contributed by atoms with Crippen molar-refractivity contribution in [1.82, 2.24) is 14.7 Å². The van der Waals surface area contributed by atoms with E-state index in [2.05, 4.69) is 59.2 Å². The molecule has 5 atom stereocenters. The van der Waals surface area contributed by atoms with Crippen LogP contribution in [0.4, 0.5) is 5.69 Å². The Morgan fingerprint density at radius 1 is 0.949 bits per heavy atom. The summed E-state index contributed by atoms with van der Waals surface area (Å²) in [6, 6.07) is 36.9. The van der Waals surface area contributed by atoms with Crippen molar-refractivity contribution in [3.63, 3.8) is 0 Å². The molecule has 0 radical (unpaired) electrons. The third-order valence-corrected chi connectivity index (χ3v) is 18.0. The molecule has 10 nitrogen and oxygen atoms in total. The van der Waals surface area contributed by atoms with Crippen LogP contribution in [0.5, 0.6) is 5.75 Å². The number of benzene rings is 5. The number of fused-ring (bicyclic) bond motifs is 4. The van der Waals surface area contributed by atoms with Crippen LogP contribution in [0.1, 0.15) is 35.6 Å². The Hall–Kier alpha value is -5.27. The van der Waals surface area contributed by atoms with Gasteiger partial charge in [0.1, 0.15) is 5.75 Å². The summed E-state index contributed by atoms with van der Waals surface area (Å²) in [6.45, 7) is 7.24. The number of H-pyrrole nitrogens is 1. The number of hydrogen-bond donors (Lipinski definition) is 2. The third-order valence-electron chi connectivity index (χ3n) is 13.2. The fraction of sp³-hybridized carbons (Fsp3) is 0.298. The minimum absolute atomic E-state index is 0.0694. The standard InChI is InChI=1S/C47H47BrN4O6Si/c1-29-44(59(3,4)37-19-17-36(57-2)18-20-37)42(25-43(54)50-27-32-12-6-5-11-31(32)23-35(50)28-53)58-47(29)39-24-33(48)16-21-41(39)51(46(47)56)26-30-10-9-13-34(22-30)52-45(55)38-14-7-8-15-40(38)49-52/h5-22,24,29,35,42,44,49,53H,23,25-28H2,1-4H3/t29-,35+,42+,44-,47+/m1/s1. The highest BCUT2D eigenvalue weighted by Crippen LogP contribution is 2.60. The molecule has 59 heavy (non-hydrogen) atoms. The van der Waals surface area contributed by atoms with Crippen molar-refractivity contribution in [2.24, 2.45) is 5.92 Å². The SMILES string of the molecule is COc1ccc([Si](C)(C)[C@H]2[C@H](CC(=O)N3Cc4ccccc4C[C@H]3CO)O[C@@]3(C(=O)N(Cc4cccc(-n5[nH]c6ccccc6c5=O)c4)c4ccc(Br)cc43)[C@@H]2C)cc1. The van der Waals surface area contributed by atoms with Gasteiger partial charge in [0.05, 0.1) is 69.2 Å². The summed E-state index contributed by atoms with van der Waals surface area (Å²) < 4.78 is 15.2. The van der Waals surface area contributed by atoms with E-state index < -0.39 is 19.8 Å². The summed E-state index contributed by atoms with van der Waals surface area (Å²) in [4.78, 5) is 47.1. The number of amides is 2. The van der Waals surface area contributed by atoms with E-state index >= 15 is 4.79 Å². The van der Waals surface area contributed by atoms with Crippen molar-refractivity contribution in [2.45, 2.75) is 69.2 Å². The molecule has 5 aromatic carbocycles. The minimum Gasteiger partial charge on any atom is -0.497 e. The Labute approximate surface area is 352 Å². The molecule has 1 spiro atoms. The fourth-order valence-electron chi connectivity index (χ4n) is 10.2. The van der Waals surface area contributed by atoms with E-state index in [1.165, 1.54) is 9.87 Å². The lowest BCUT2D eigenvalue weighted by molar-refractivity contribution is -0.151. The van der Waals surface area contributed by atoms with Gasteiger partial charge in [0.25, 0.3) is 11.5 Å². The summed E-state index contributed by atoms with van der Waals surface area (Å²) in [6.07, 6.45) is 0.0516. The molecule has 3 aliphatic rings. The molecule has 1 saturated heterocycles. The van der Waals surface area contributed by atoms with Crippen LogP contribution in [0.25, 0.3) is 16.6 Å². The number of methoxy groups -OCH3 is 1. The van der Waals surface area contributed by atoms with Gasteiger partial charge in [0.2, 0.25) is 5.91 Å². The number of nitrogens with zero attached hydrogens (tertiary/aromatic N) is 3. The molecule has 0 bridgehead atoms. The zero-order valence-corrected chi connectivity index (χ0v) is 36.1.